The Morgan fingerprint density at radius 1 is 1.03 bits per heavy atom. The number of fused-ring (bicyclic) bond motifs is 1. The molecule has 0 amide bonds. The summed E-state index contributed by atoms with van der Waals surface area (Å²) in [6.45, 7) is 1.65. The largest absolute Gasteiger partial charge is 0.491 e. The highest BCUT2D eigenvalue weighted by molar-refractivity contribution is 5.91. The molecule has 0 radical (unpaired) electrons. The first kappa shape index (κ1) is 26.1. The number of aromatic nitrogens is 5. The van der Waals surface area contributed by atoms with Gasteiger partial charge in [-0.15, -0.1) is 0 Å². The number of nitrogens with zero attached hydrogens (tertiary/aromatic N) is 5. The highest BCUT2D eigenvalue weighted by Gasteiger charge is 2.19. The van der Waals surface area contributed by atoms with Crippen LogP contribution in [0.5, 0.6) is 5.75 Å². The van der Waals surface area contributed by atoms with Crippen molar-refractivity contribution in [2.24, 2.45) is 0 Å². The minimum absolute atomic E-state index is 0.00147. The quantitative estimate of drug-likeness (QED) is 0.265. The van der Waals surface area contributed by atoms with Gasteiger partial charge in [0.05, 0.1) is 31.0 Å². The topological polar surface area (TPSA) is 107 Å². The van der Waals surface area contributed by atoms with E-state index in [-0.39, 0.29) is 37.7 Å². The lowest BCUT2D eigenvalue weighted by Gasteiger charge is -2.10. The van der Waals surface area contributed by atoms with Crippen LogP contribution < -0.4 is 10.1 Å². The van der Waals surface area contributed by atoms with Gasteiger partial charge in [0.2, 0.25) is 0 Å². The van der Waals surface area contributed by atoms with Crippen molar-refractivity contribution in [1.82, 2.24) is 24.7 Å². The molecule has 0 unspecified atom stereocenters. The maximum atomic E-state index is 14.9. The summed E-state index contributed by atoms with van der Waals surface area (Å²) in [5.41, 5.74) is 3.24. The summed E-state index contributed by atoms with van der Waals surface area (Å²) >= 11 is 0. The molecule has 0 atom stereocenters. The van der Waals surface area contributed by atoms with Gasteiger partial charge in [-0.1, -0.05) is 18.2 Å². The summed E-state index contributed by atoms with van der Waals surface area (Å²) in [7, 11) is 1.58. The molecule has 3 heterocycles. The molecule has 0 aliphatic rings. The second-order valence-electron chi connectivity index (χ2n) is 8.77. The smallest absolute Gasteiger partial charge is 0.183 e. The lowest BCUT2D eigenvalue weighted by Crippen LogP contribution is -2.08. The molecule has 39 heavy (non-hydrogen) atoms. The second kappa shape index (κ2) is 11.5. The molecule has 2 N–H and O–H groups in total. The summed E-state index contributed by atoms with van der Waals surface area (Å²) in [5, 5.41) is 17.6. The Morgan fingerprint density at radius 3 is 2.56 bits per heavy atom. The number of hydrogen-bond donors (Lipinski definition) is 2. The Balaban J connectivity index is 1.55. The van der Waals surface area contributed by atoms with Gasteiger partial charge < -0.3 is 19.9 Å². The standard InChI is InChI=1S/C28H26F2N6O3/c1-17-11-18(7-8-31-17)32-26-12-19(16-38-2)33-28(34-26)27-21-5-3-4-6-25(21)36(35-27)15-22-23(29)13-20(14-24(22)30)39-10-9-37/h3-8,11-14,37H,9-10,15-16H2,1-2H3,(H,31,32,33,34). The zero-order valence-corrected chi connectivity index (χ0v) is 21.4. The number of benzene rings is 2. The lowest BCUT2D eigenvalue weighted by molar-refractivity contribution is 0.181. The molecular weight excluding hydrogens is 506 g/mol. The molecule has 0 aliphatic carbocycles. The van der Waals surface area contributed by atoms with Gasteiger partial charge in [0, 0.05) is 53.8 Å². The van der Waals surface area contributed by atoms with Crippen molar-refractivity contribution in [2.45, 2.75) is 20.1 Å². The Morgan fingerprint density at radius 2 is 1.82 bits per heavy atom. The molecule has 3 aromatic heterocycles. The maximum Gasteiger partial charge on any atom is 0.183 e. The molecular formula is C28H26F2N6O3. The summed E-state index contributed by atoms with van der Waals surface area (Å²) in [6.07, 6.45) is 1.70. The molecule has 11 heteroatoms. The van der Waals surface area contributed by atoms with Gasteiger partial charge in [-0.05, 0) is 25.1 Å². The van der Waals surface area contributed by atoms with Crippen LogP contribution in [0.1, 0.15) is 17.0 Å². The van der Waals surface area contributed by atoms with Gasteiger partial charge in [-0.3, -0.25) is 9.67 Å². The van der Waals surface area contributed by atoms with Crippen LogP contribution in [0.3, 0.4) is 0 Å². The van der Waals surface area contributed by atoms with E-state index < -0.39 is 11.6 Å². The van der Waals surface area contributed by atoms with Crippen LogP contribution >= 0.6 is 0 Å². The van der Waals surface area contributed by atoms with E-state index in [1.54, 1.807) is 19.4 Å². The molecule has 5 aromatic rings. The van der Waals surface area contributed by atoms with Gasteiger partial charge in [-0.25, -0.2) is 18.7 Å². The van der Waals surface area contributed by atoms with Crippen molar-refractivity contribution in [3.8, 4) is 17.3 Å². The van der Waals surface area contributed by atoms with Gasteiger partial charge in [0.25, 0.3) is 0 Å². The number of pyridine rings is 1. The van der Waals surface area contributed by atoms with E-state index in [4.69, 9.17) is 19.6 Å². The van der Waals surface area contributed by atoms with E-state index in [2.05, 4.69) is 20.4 Å². The molecule has 5 rings (SSSR count). The minimum atomic E-state index is -0.776. The number of nitrogens with one attached hydrogen (secondary N) is 1. The third-order valence-electron chi connectivity index (χ3n) is 5.89. The van der Waals surface area contributed by atoms with E-state index in [0.717, 1.165) is 28.9 Å². The highest BCUT2D eigenvalue weighted by atomic mass is 19.1. The molecule has 0 spiro atoms. The first-order valence-electron chi connectivity index (χ1n) is 12.2. The Labute approximate surface area is 223 Å². The maximum absolute atomic E-state index is 14.9. The molecule has 0 saturated carbocycles. The second-order valence-corrected chi connectivity index (χ2v) is 8.77. The number of methoxy groups -OCH3 is 1. The van der Waals surface area contributed by atoms with Crippen LogP contribution in [-0.4, -0.2) is 50.2 Å². The van der Waals surface area contributed by atoms with Crippen LogP contribution in [0, 0.1) is 18.6 Å². The average molecular weight is 533 g/mol. The molecule has 200 valence electrons. The number of rotatable bonds is 10. The molecule has 0 saturated heterocycles. The number of aliphatic hydroxyl groups is 1. The minimum Gasteiger partial charge on any atom is -0.491 e. The fourth-order valence-electron chi connectivity index (χ4n) is 4.20. The summed E-state index contributed by atoms with van der Waals surface area (Å²) < 4.78 is 41.8. The van der Waals surface area contributed by atoms with Gasteiger partial charge in [0.15, 0.2) is 5.82 Å². The first-order chi connectivity index (χ1) is 18.9. The summed E-state index contributed by atoms with van der Waals surface area (Å²) in [4.78, 5) is 13.6. The van der Waals surface area contributed by atoms with E-state index >= 15 is 0 Å². The van der Waals surface area contributed by atoms with Gasteiger partial charge in [0.1, 0.15) is 35.5 Å². The summed E-state index contributed by atoms with van der Waals surface area (Å²) in [6, 6.07) is 15.1. The number of halogens is 2. The fourth-order valence-corrected chi connectivity index (χ4v) is 4.20. The number of hydrogen-bond acceptors (Lipinski definition) is 8. The van der Waals surface area contributed by atoms with Crippen molar-refractivity contribution in [3.63, 3.8) is 0 Å². The van der Waals surface area contributed by atoms with Crippen LogP contribution in [0.4, 0.5) is 20.3 Å². The van der Waals surface area contributed by atoms with Crippen LogP contribution in [0.15, 0.2) is 60.8 Å². The highest BCUT2D eigenvalue weighted by Crippen LogP contribution is 2.29. The van der Waals surface area contributed by atoms with Crippen molar-refractivity contribution >= 4 is 22.4 Å². The van der Waals surface area contributed by atoms with E-state index in [1.165, 1.54) is 4.68 Å². The predicted octanol–water partition coefficient (Wildman–Crippen LogP) is 4.78. The third kappa shape index (κ3) is 5.84. The van der Waals surface area contributed by atoms with Crippen LogP contribution in [-0.2, 0) is 17.9 Å². The molecule has 0 fully saturated rings. The van der Waals surface area contributed by atoms with Crippen LogP contribution in [0.25, 0.3) is 22.4 Å². The van der Waals surface area contributed by atoms with Crippen molar-refractivity contribution in [3.05, 3.63) is 89.4 Å². The van der Waals surface area contributed by atoms with Crippen molar-refractivity contribution in [1.29, 1.82) is 0 Å². The van der Waals surface area contributed by atoms with Gasteiger partial charge >= 0.3 is 0 Å². The van der Waals surface area contributed by atoms with E-state index in [9.17, 15) is 8.78 Å². The Hall–Kier alpha value is -4.48. The fraction of sp³-hybridized carbons (Fsp3) is 0.214. The molecule has 0 aliphatic heterocycles. The number of aryl methyl sites for hydroxylation is 1. The van der Waals surface area contributed by atoms with E-state index in [1.807, 2.05) is 43.3 Å². The Kier molecular flexibility index (Phi) is 7.71. The zero-order valence-electron chi connectivity index (χ0n) is 21.4. The number of anilines is 2. The van der Waals surface area contributed by atoms with Crippen molar-refractivity contribution in [2.75, 3.05) is 25.6 Å². The third-order valence-corrected chi connectivity index (χ3v) is 5.89. The lowest BCUT2D eigenvalue weighted by atomic mass is 10.1. The average Bonchev–Trinajstić information content (AvgIpc) is 3.28. The van der Waals surface area contributed by atoms with E-state index in [0.29, 0.717) is 28.5 Å². The normalized spacial score (nSPS) is 11.2. The molecule has 2 aromatic carbocycles. The van der Waals surface area contributed by atoms with Crippen LogP contribution in [0.2, 0.25) is 0 Å². The van der Waals surface area contributed by atoms with Gasteiger partial charge in [-0.2, -0.15) is 5.10 Å². The molecule has 9 nitrogen and oxygen atoms in total. The SMILES string of the molecule is COCc1cc(Nc2ccnc(C)c2)nc(-c2nn(Cc3c(F)cc(OCCO)cc3F)c3ccccc23)n1. The molecule has 0 bridgehead atoms. The first-order valence-corrected chi connectivity index (χ1v) is 12.2. The number of aliphatic hydroxyl groups excluding tert-OH is 1. The summed E-state index contributed by atoms with van der Waals surface area (Å²) in [5.74, 6) is -0.682. The monoisotopic (exact) mass is 532 g/mol. The number of para-hydroxylation sites is 1. The Bertz CT molecular complexity index is 1600. The number of ether oxygens (including phenoxy) is 2. The van der Waals surface area contributed by atoms with Crippen molar-refractivity contribution < 1.29 is 23.4 Å². The zero-order chi connectivity index (χ0) is 27.4. The predicted molar refractivity (Wildman–Crippen MR) is 142 cm³/mol.